The lowest BCUT2D eigenvalue weighted by atomic mass is 10.2. The van der Waals surface area contributed by atoms with Crippen LogP contribution in [-0.2, 0) is 0 Å². The predicted molar refractivity (Wildman–Crippen MR) is 83.4 cm³/mol. The van der Waals surface area contributed by atoms with Gasteiger partial charge in [-0.25, -0.2) is 4.98 Å². The topological polar surface area (TPSA) is 62.5 Å². The molecule has 3 rings (SSSR count). The number of carbonyl (C=O) groups is 1. The molecule has 1 amide bonds. The first kappa shape index (κ1) is 14.3. The molecule has 0 atom stereocenters. The molecule has 0 bridgehead atoms. The van der Waals surface area contributed by atoms with E-state index < -0.39 is 5.91 Å². The number of primary amides is 1. The van der Waals surface area contributed by atoms with Crippen LogP contribution in [0.25, 0.3) is 0 Å². The van der Waals surface area contributed by atoms with Crippen molar-refractivity contribution in [2.45, 2.75) is 38.1 Å². The van der Waals surface area contributed by atoms with Crippen molar-refractivity contribution in [2.24, 2.45) is 5.73 Å². The van der Waals surface area contributed by atoms with Gasteiger partial charge in [0.1, 0.15) is 5.82 Å². The van der Waals surface area contributed by atoms with E-state index in [0.29, 0.717) is 5.56 Å². The number of pyridine rings is 1. The van der Waals surface area contributed by atoms with E-state index in [4.69, 9.17) is 5.73 Å². The molecule has 2 fully saturated rings. The molecule has 1 aliphatic heterocycles. The molecule has 1 aromatic rings. The van der Waals surface area contributed by atoms with Crippen LogP contribution in [0.2, 0.25) is 0 Å². The fourth-order valence-corrected chi connectivity index (χ4v) is 3.52. The quantitative estimate of drug-likeness (QED) is 0.918. The molecule has 2 aliphatic rings. The monoisotopic (exact) mass is 288 g/mol. The number of nitrogens with two attached hydrogens (primary N) is 1. The average molecular weight is 288 g/mol. The SMILES string of the molecule is NC(=O)c1ccc(N2CCCN(C3CCCC3)CC2)nc1. The van der Waals surface area contributed by atoms with Crippen molar-refractivity contribution in [3.05, 3.63) is 23.9 Å². The number of hydrogen-bond donors (Lipinski definition) is 1. The summed E-state index contributed by atoms with van der Waals surface area (Å²) in [4.78, 5) is 20.5. The predicted octanol–water partition coefficient (Wildman–Crippen LogP) is 1.64. The van der Waals surface area contributed by atoms with E-state index in [2.05, 4.69) is 14.8 Å². The van der Waals surface area contributed by atoms with Crippen LogP contribution in [0.5, 0.6) is 0 Å². The molecule has 1 aromatic heterocycles. The summed E-state index contributed by atoms with van der Waals surface area (Å²) in [6.07, 6.45) is 8.27. The number of amides is 1. The first-order valence-electron chi connectivity index (χ1n) is 7.99. The molecule has 0 unspecified atom stereocenters. The standard InChI is InChI=1S/C16H24N4O/c17-16(21)13-6-7-15(18-12-13)20-9-3-8-19(10-11-20)14-4-1-2-5-14/h6-7,12,14H,1-5,8-11H2,(H2,17,21). The lowest BCUT2D eigenvalue weighted by Crippen LogP contribution is -2.37. The Kier molecular flexibility index (Phi) is 4.39. The summed E-state index contributed by atoms with van der Waals surface area (Å²) in [5.41, 5.74) is 5.73. The fourth-order valence-electron chi connectivity index (χ4n) is 3.52. The van der Waals surface area contributed by atoms with Crippen LogP contribution in [0.15, 0.2) is 18.3 Å². The van der Waals surface area contributed by atoms with Gasteiger partial charge in [-0.15, -0.1) is 0 Å². The van der Waals surface area contributed by atoms with E-state index in [0.717, 1.165) is 31.5 Å². The molecule has 21 heavy (non-hydrogen) atoms. The molecule has 0 aromatic carbocycles. The molecule has 1 aliphatic carbocycles. The second-order valence-electron chi connectivity index (χ2n) is 6.08. The van der Waals surface area contributed by atoms with Gasteiger partial charge < -0.3 is 10.6 Å². The van der Waals surface area contributed by atoms with Crippen molar-refractivity contribution in [3.63, 3.8) is 0 Å². The Bertz CT molecular complexity index is 482. The van der Waals surface area contributed by atoms with Crippen molar-refractivity contribution in [1.29, 1.82) is 0 Å². The lowest BCUT2D eigenvalue weighted by Gasteiger charge is -2.27. The highest BCUT2D eigenvalue weighted by Crippen LogP contribution is 2.25. The number of aromatic nitrogens is 1. The summed E-state index contributed by atoms with van der Waals surface area (Å²) in [5.74, 6) is 0.533. The van der Waals surface area contributed by atoms with E-state index in [9.17, 15) is 4.79 Å². The summed E-state index contributed by atoms with van der Waals surface area (Å²) in [6.45, 7) is 4.36. The minimum atomic E-state index is -0.419. The van der Waals surface area contributed by atoms with Gasteiger partial charge in [-0.1, -0.05) is 12.8 Å². The summed E-state index contributed by atoms with van der Waals surface area (Å²) in [7, 11) is 0. The minimum absolute atomic E-state index is 0.419. The van der Waals surface area contributed by atoms with Gasteiger partial charge in [-0.2, -0.15) is 0 Å². The highest BCUT2D eigenvalue weighted by Gasteiger charge is 2.24. The second kappa shape index (κ2) is 6.43. The number of anilines is 1. The molecule has 5 heteroatoms. The maximum atomic E-state index is 11.1. The van der Waals surface area contributed by atoms with Crippen LogP contribution in [0.3, 0.4) is 0 Å². The van der Waals surface area contributed by atoms with Gasteiger partial charge in [-0.3, -0.25) is 9.69 Å². The summed E-state index contributed by atoms with van der Waals surface area (Å²) >= 11 is 0. The van der Waals surface area contributed by atoms with Crippen LogP contribution >= 0.6 is 0 Å². The molecular formula is C16H24N4O. The number of carbonyl (C=O) groups excluding carboxylic acids is 1. The zero-order chi connectivity index (χ0) is 14.7. The zero-order valence-electron chi connectivity index (χ0n) is 12.5. The summed E-state index contributed by atoms with van der Waals surface area (Å²) < 4.78 is 0. The Morgan fingerprint density at radius 1 is 1.10 bits per heavy atom. The smallest absolute Gasteiger partial charge is 0.250 e. The largest absolute Gasteiger partial charge is 0.366 e. The van der Waals surface area contributed by atoms with E-state index in [1.807, 2.05) is 6.07 Å². The summed E-state index contributed by atoms with van der Waals surface area (Å²) in [6, 6.07) is 4.48. The molecule has 5 nitrogen and oxygen atoms in total. The number of rotatable bonds is 3. The molecule has 0 spiro atoms. The third-order valence-electron chi connectivity index (χ3n) is 4.73. The van der Waals surface area contributed by atoms with Gasteiger partial charge in [0.15, 0.2) is 0 Å². The maximum Gasteiger partial charge on any atom is 0.250 e. The van der Waals surface area contributed by atoms with Gasteiger partial charge in [0, 0.05) is 38.4 Å². The van der Waals surface area contributed by atoms with E-state index in [1.54, 1.807) is 12.3 Å². The highest BCUT2D eigenvalue weighted by atomic mass is 16.1. The Morgan fingerprint density at radius 3 is 2.57 bits per heavy atom. The Morgan fingerprint density at radius 2 is 1.90 bits per heavy atom. The third kappa shape index (κ3) is 3.35. The number of nitrogens with zero attached hydrogens (tertiary/aromatic N) is 3. The Labute approximate surface area is 126 Å². The molecule has 114 valence electrons. The van der Waals surface area contributed by atoms with E-state index in [1.165, 1.54) is 38.6 Å². The third-order valence-corrected chi connectivity index (χ3v) is 4.73. The van der Waals surface area contributed by atoms with E-state index >= 15 is 0 Å². The molecule has 2 N–H and O–H groups in total. The average Bonchev–Trinajstić information content (AvgIpc) is 2.92. The van der Waals surface area contributed by atoms with Gasteiger partial charge in [0.2, 0.25) is 5.91 Å². The molecule has 0 radical (unpaired) electrons. The fraction of sp³-hybridized carbons (Fsp3) is 0.625. The minimum Gasteiger partial charge on any atom is -0.366 e. The Hall–Kier alpha value is -1.62. The van der Waals surface area contributed by atoms with Crippen LogP contribution < -0.4 is 10.6 Å². The Balaban J connectivity index is 1.62. The molecule has 1 saturated carbocycles. The van der Waals surface area contributed by atoms with Crippen LogP contribution in [0.1, 0.15) is 42.5 Å². The van der Waals surface area contributed by atoms with Crippen molar-refractivity contribution >= 4 is 11.7 Å². The first-order valence-corrected chi connectivity index (χ1v) is 7.99. The van der Waals surface area contributed by atoms with Gasteiger partial charge in [0.05, 0.1) is 5.56 Å². The van der Waals surface area contributed by atoms with Crippen molar-refractivity contribution < 1.29 is 4.79 Å². The van der Waals surface area contributed by atoms with Crippen molar-refractivity contribution in [3.8, 4) is 0 Å². The first-order chi connectivity index (χ1) is 10.2. The van der Waals surface area contributed by atoms with Crippen LogP contribution in [-0.4, -0.2) is 48.0 Å². The highest BCUT2D eigenvalue weighted by molar-refractivity contribution is 5.92. The second-order valence-corrected chi connectivity index (χ2v) is 6.08. The summed E-state index contributed by atoms with van der Waals surface area (Å²) in [5, 5.41) is 0. The maximum absolute atomic E-state index is 11.1. The van der Waals surface area contributed by atoms with Gasteiger partial charge in [-0.05, 0) is 31.4 Å². The zero-order valence-corrected chi connectivity index (χ0v) is 12.5. The van der Waals surface area contributed by atoms with Crippen LogP contribution in [0, 0.1) is 0 Å². The van der Waals surface area contributed by atoms with Gasteiger partial charge >= 0.3 is 0 Å². The lowest BCUT2D eigenvalue weighted by molar-refractivity contribution is 0.1000. The van der Waals surface area contributed by atoms with Crippen LogP contribution in [0.4, 0.5) is 5.82 Å². The molecule has 2 heterocycles. The normalized spacial score (nSPS) is 21.4. The van der Waals surface area contributed by atoms with Crippen molar-refractivity contribution in [1.82, 2.24) is 9.88 Å². The van der Waals surface area contributed by atoms with E-state index in [-0.39, 0.29) is 0 Å². The van der Waals surface area contributed by atoms with Gasteiger partial charge in [0.25, 0.3) is 0 Å². The molecular weight excluding hydrogens is 264 g/mol. The number of hydrogen-bond acceptors (Lipinski definition) is 4. The molecule has 1 saturated heterocycles. The van der Waals surface area contributed by atoms with Crippen molar-refractivity contribution in [2.75, 3.05) is 31.1 Å².